The first-order valence-electron chi connectivity index (χ1n) is 5.96. The highest BCUT2D eigenvalue weighted by molar-refractivity contribution is 5.78. The van der Waals surface area contributed by atoms with Crippen molar-refractivity contribution in [1.29, 1.82) is 0 Å². The minimum absolute atomic E-state index is 0.163. The Hall–Kier alpha value is -1.35. The van der Waals surface area contributed by atoms with Gasteiger partial charge in [0.25, 0.3) is 0 Å². The summed E-state index contributed by atoms with van der Waals surface area (Å²) >= 11 is 0. The van der Waals surface area contributed by atoms with Gasteiger partial charge < -0.3 is 10.5 Å². The number of aryl methyl sites for hydroxylation is 1. The molecule has 2 N–H and O–H groups in total. The van der Waals surface area contributed by atoms with Crippen LogP contribution < -0.4 is 5.73 Å². The zero-order valence-electron chi connectivity index (χ0n) is 10.4. The molecule has 3 heteroatoms. The number of hydrogen-bond donors (Lipinski definition) is 1. The van der Waals surface area contributed by atoms with Gasteiger partial charge in [-0.05, 0) is 31.2 Å². The van der Waals surface area contributed by atoms with Crippen LogP contribution in [-0.2, 0) is 9.53 Å². The highest BCUT2D eigenvalue weighted by Gasteiger charge is 2.50. The van der Waals surface area contributed by atoms with Gasteiger partial charge in [0.1, 0.15) is 0 Å². The fraction of sp³-hybridized carbons (Fsp3) is 0.500. The predicted molar refractivity (Wildman–Crippen MR) is 66.7 cm³/mol. The van der Waals surface area contributed by atoms with Crippen LogP contribution in [0.1, 0.15) is 29.9 Å². The van der Waals surface area contributed by atoms with E-state index in [-0.39, 0.29) is 5.97 Å². The second-order valence-electron chi connectivity index (χ2n) is 5.00. The monoisotopic (exact) mass is 233 g/mol. The highest BCUT2D eigenvalue weighted by Crippen LogP contribution is 2.51. The van der Waals surface area contributed by atoms with Crippen molar-refractivity contribution in [3.63, 3.8) is 0 Å². The van der Waals surface area contributed by atoms with E-state index >= 15 is 0 Å². The van der Waals surface area contributed by atoms with Gasteiger partial charge in [-0.3, -0.25) is 4.79 Å². The molecule has 0 aromatic heterocycles. The Bertz CT molecular complexity index is 422. The lowest BCUT2D eigenvalue weighted by Gasteiger charge is -2.44. The van der Waals surface area contributed by atoms with Crippen molar-refractivity contribution in [3.05, 3.63) is 35.4 Å². The van der Waals surface area contributed by atoms with E-state index < -0.39 is 5.41 Å². The molecule has 1 aromatic carbocycles. The number of rotatable bonds is 3. The van der Waals surface area contributed by atoms with Crippen molar-refractivity contribution in [1.82, 2.24) is 0 Å². The minimum atomic E-state index is -0.441. The van der Waals surface area contributed by atoms with Crippen molar-refractivity contribution < 1.29 is 9.53 Å². The largest absolute Gasteiger partial charge is 0.469 e. The molecule has 1 aromatic rings. The third-order valence-corrected chi connectivity index (χ3v) is 3.80. The Morgan fingerprint density at radius 1 is 1.53 bits per heavy atom. The molecule has 0 amide bonds. The topological polar surface area (TPSA) is 52.3 Å². The summed E-state index contributed by atoms with van der Waals surface area (Å²) in [7, 11) is 1.43. The molecule has 0 spiro atoms. The van der Waals surface area contributed by atoms with Gasteiger partial charge in [-0.1, -0.05) is 29.8 Å². The summed E-state index contributed by atoms with van der Waals surface area (Å²) in [5, 5.41) is 0. The highest BCUT2D eigenvalue weighted by atomic mass is 16.5. The summed E-state index contributed by atoms with van der Waals surface area (Å²) in [6.07, 6.45) is 1.61. The van der Waals surface area contributed by atoms with Gasteiger partial charge in [-0.15, -0.1) is 0 Å². The smallest absolute Gasteiger partial charge is 0.313 e. The first kappa shape index (κ1) is 12.1. The van der Waals surface area contributed by atoms with Gasteiger partial charge >= 0.3 is 5.97 Å². The van der Waals surface area contributed by atoms with Gasteiger partial charge in [-0.25, -0.2) is 0 Å². The molecule has 92 valence electrons. The van der Waals surface area contributed by atoms with E-state index in [9.17, 15) is 4.79 Å². The summed E-state index contributed by atoms with van der Waals surface area (Å²) in [5.74, 6) is 0.279. The molecule has 1 fully saturated rings. The van der Waals surface area contributed by atoms with Crippen LogP contribution in [0.4, 0.5) is 0 Å². The Kier molecular flexibility index (Phi) is 3.20. The fourth-order valence-corrected chi connectivity index (χ4v) is 2.68. The van der Waals surface area contributed by atoms with Crippen molar-refractivity contribution >= 4 is 5.97 Å². The lowest BCUT2D eigenvalue weighted by Crippen LogP contribution is -2.48. The van der Waals surface area contributed by atoms with Crippen molar-refractivity contribution in [2.75, 3.05) is 13.7 Å². The van der Waals surface area contributed by atoms with Gasteiger partial charge in [0.2, 0.25) is 0 Å². The number of benzene rings is 1. The van der Waals surface area contributed by atoms with Crippen LogP contribution in [0.3, 0.4) is 0 Å². The quantitative estimate of drug-likeness (QED) is 0.812. The van der Waals surface area contributed by atoms with Gasteiger partial charge in [-0.2, -0.15) is 0 Å². The molecular formula is C14H19NO2. The average molecular weight is 233 g/mol. The Morgan fingerprint density at radius 2 is 2.24 bits per heavy atom. The molecule has 0 radical (unpaired) electrons. The van der Waals surface area contributed by atoms with Crippen LogP contribution in [0.15, 0.2) is 24.3 Å². The van der Waals surface area contributed by atoms with E-state index in [1.807, 2.05) is 0 Å². The maximum absolute atomic E-state index is 11.7. The Labute approximate surface area is 102 Å². The third kappa shape index (κ3) is 2.07. The molecule has 0 aliphatic heterocycles. The summed E-state index contributed by atoms with van der Waals surface area (Å²) < 4.78 is 4.84. The number of carbonyl (C=O) groups is 1. The van der Waals surface area contributed by atoms with E-state index in [4.69, 9.17) is 10.5 Å². The summed E-state index contributed by atoms with van der Waals surface area (Å²) in [4.78, 5) is 11.7. The van der Waals surface area contributed by atoms with E-state index in [1.165, 1.54) is 18.2 Å². The zero-order chi connectivity index (χ0) is 12.5. The fourth-order valence-electron chi connectivity index (χ4n) is 2.68. The first-order chi connectivity index (χ1) is 8.11. The molecular weight excluding hydrogens is 214 g/mol. The van der Waals surface area contributed by atoms with Crippen LogP contribution in [0.2, 0.25) is 0 Å². The maximum Gasteiger partial charge on any atom is 0.313 e. The number of nitrogens with two attached hydrogens (primary N) is 1. The minimum Gasteiger partial charge on any atom is -0.469 e. The van der Waals surface area contributed by atoms with Crippen molar-refractivity contribution in [3.8, 4) is 0 Å². The van der Waals surface area contributed by atoms with Gasteiger partial charge in [0.15, 0.2) is 0 Å². The molecule has 1 aliphatic rings. The number of carbonyl (C=O) groups excluding carboxylic acids is 1. The summed E-state index contributed by atoms with van der Waals surface area (Å²) in [5.41, 5.74) is 7.83. The van der Waals surface area contributed by atoms with E-state index in [0.29, 0.717) is 12.5 Å². The third-order valence-electron chi connectivity index (χ3n) is 3.80. The molecule has 1 saturated carbocycles. The van der Waals surface area contributed by atoms with Crippen LogP contribution in [0, 0.1) is 12.3 Å². The Balaban J connectivity index is 2.09. The summed E-state index contributed by atoms with van der Waals surface area (Å²) in [6, 6.07) is 8.45. The zero-order valence-corrected chi connectivity index (χ0v) is 10.4. The van der Waals surface area contributed by atoms with Crippen LogP contribution in [0.5, 0.6) is 0 Å². The van der Waals surface area contributed by atoms with Crippen LogP contribution in [-0.4, -0.2) is 19.6 Å². The lowest BCUT2D eigenvalue weighted by atomic mass is 9.60. The predicted octanol–water partition coefficient (Wildman–Crippen LogP) is 1.99. The van der Waals surface area contributed by atoms with E-state index in [1.54, 1.807) is 0 Å². The van der Waals surface area contributed by atoms with E-state index in [0.717, 1.165) is 12.8 Å². The number of ether oxygens (including phenoxy) is 1. The normalized spacial score (nSPS) is 27.4. The number of methoxy groups -OCH3 is 1. The molecule has 0 unspecified atom stereocenters. The molecule has 17 heavy (non-hydrogen) atoms. The molecule has 2 rings (SSSR count). The van der Waals surface area contributed by atoms with Crippen LogP contribution >= 0.6 is 0 Å². The standard InChI is InChI=1S/C14H19NO2/c1-10-4-3-5-11(6-10)12-7-14(8-12,9-15)13(16)17-2/h3-6,12H,7-9,15H2,1-2H3. The molecule has 1 aliphatic carbocycles. The molecule has 0 atom stereocenters. The number of hydrogen-bond acceptors (Lipinski definition) is 3. The maximum atomic E-state index is 11.7. The molecule has 3 nitrogen and oxygen atoms in total. The van der Waals surface area contributed by atoms with E-state index in [2.05, 4.69) is 31.2 Å². The van der Waals surface area contributed by atoms with Crippen molar-refractivity contribution in [2.45, 2.75) is 25.7 Å². The second-order valence-corrected chi connectivity index (χ2v) is 5.00. The molecule has 0 saturated heterocycles. The van der Waals surface area contributed by atoms with Gasteiger partial charge in [0, 0.05) is 6.54 Å². The Morgan fingerprint density at radius 3 is 2.76 bits per heavy atom. The molecule has 0 heterocycles. The summed E-state index contributed by atoms with van der Waals surface area (Å²) in [6.45, 7) is 2.46. The van der Waals surface area contributed by atoms with Gasteiger partial charge in [0.05, 0.1) is 12.5 Å². The van der Waals surface area contributed by atoms with Crippen LogP contribution in [0.25, 0.3) is 0 Å². The second kappa shape index (κ2) is 4.49. The molecule has 0 bridgehead atoms. The lowest BCUT2D eigenvalue weighted by molar-refractivity contribution is -0.158. The first-order valence-corrected chi connectivity index (χ1v) is 5.96. The SMILES string of the molecule is COC(=O)C1(CN)CC(c2cccc(C)c2)C1. The number of esters is 1. The average Bonchev–Trinajstić information content (AvgIpc) is 2.28. The van der Waals surface area contributed by atoms with Crippen molar-refractivity contribution in [2.24, 2.45) is 11.1 Å².